The van der Waals surface area contributed by atoms with Gasteiger partial charge in [-0.1, -0.05) is 32.2 Å². The van der Waals surface area contributed by atoms with E-state index >= 15 is 0 Å². The van der Waals surface area contributed by atoms with Crippen LogP contribution in [0.15, 0.2) is 41.4 Å². The number of aromatic nitrogens is 1. The molecule has 7 nitrogen and oxygen atoms in total. The lowest BCUT2D eigenvalue weighted by molar-refractivity contribution is -0.274. The van der Waals surface area contributed by atoms with Crippen molar-refractivity contribution in [1.29, 1.82) is 5.26 Å². The van der Waals surface area contributed by atoms with Crippen LogP contribution in [-0.2, 0) is 11.3 Å². The van der Waals surface area contributed by atoms with Gasteiger partial charge < -0.3 is 15.2 Å². The Morgan fingerprint density at radius 3 is 2.55 bits per heavy atom. The summed E-state index contributed by atoms with van der Waals surface area (Å²) in [5.41, 5.74) is 6.25. The topological polar surface area (TPSA) is 101 Å². The molecule has 0 atom stereocenters. The summed E-state index contributed by atoms with van der Waals surface area (Å²) < 4.78 is 46.3. The van der Waals surface area contributed by atoms with Crippen molar-refractivity contribution in [2.45, 2.75) is 37.6 Å². The molecule has 0 aliphatic carbocycles. The molecule has 0 spiro atoms. The van der Waals surface area contributed by atoms with Gasteiger partial charge in [0.15, 0.2) is 6.19 Å². The van der Waals surface area contributed by atoms with Crippen molar-refractivity contribution in [2.24, 2.45) is 5.73 Å². The van der Waals surface area contributed by atoms with Crippen LogP contribution >= 0.6 is 25.4 Å². The van der Waals surface area contributed by atoms with Gasteiger partial charge in [-0.25, -0.2) is 4.79 Å². The molecule has 0 unspecified atom stereocenters. The molecule has 0 saturated carbocycles. The Morgan fingerprint density at radius 2 is 2.03 bits per heavy atom. The number of amides is 1. The zero-order valence-electron chi connectivity index (χ0n) is 16.5. The van der Waals surface area contributed by atoms with Crippen LogP contribution in [0.4, 0.5) is 18.0 Å². The van der Waals surface area contributed by atoms with Crippen molar-refractivity contribution in [3.63, 3.8) is 0 Å². The number of carbonyl (C=O) groups excluding carboxylic acids is 1. The van der Waals surface area contributed by atoms with E-state index < -0.39 is 12.5 Å². The molecule has 0 fully saturated rings. The average molecular weight is 475 g/mol. The summed E-state index contributed by atoms with van der Waals surface area (Å²) in [5.74, 6) is -0.345. The number of carbonyl (C=O) groups is 1. The molecule has 12 heteroatoms. The maximum atomic E-state index is 12.3. The van der Waals surface area contributed by atoms with Gasteiger partial charge in [-0.15, -0.1) is 25.8 Å². The zero-order chi connectivity index (χ0) is 23.4. The van der Waals surface area contributed by atoms with E-state index in [0.29, 0.717) is 22.8 Å². The van der Waals surface area contributed by atoms with E-state index in [0.717, 1.165) is 22.7 Å². The minimum atomic E-state index is -4.76. The summed E-state index contributed by atoms with van der Waals surface area (Å²) in [6, 6.07) is 7.13. The number of nitrogens with two attached hydrogens (primary N) is 1. The van der Waals surface area contributed by atoms with E-state index in [-0.39, 0.29) is 12.3 Å². The monoisotopic (exact) mass is 474 g/mol. The van der Waals surface area contributed by atoms with Crippen LogP contribution in [0.25, 0.3) is 11.3 Å². The first-order chi connectivity index (χ1) is 14.6. The maximum absolute atomic E-state index is 12.3. The number of benzene rings is 1. The number of rotatable bonds is 7. The highest BCUT2D eigenvalue weighted by Crippen LogP contribution is 2.31. The lowest BCUT2D eigenvalue weighted by atomic mass is 10.1. The number of pyridine rings is 1. The SMILES string of the molecule is CCCCOC(N)=O.N#CN(S)Cc1ccc(-c2cc(OC(F)(F)F)ccc2S)nc1. The average Bonchev–Trinajstić information content (AvgIpc) is 2.69. The standard InChI is InChI=1S/C14H10F3N3OS2.C5H11NO2/c15-14(16,17)21-10-2-4-13(22)11(5-10)12-3-1-9(6-19-12)7-20(23)8-18;1-2-3-4-8-5(6)7/h1-6,22-23H,7H2;2-4H2,1H3,(H2,6,7). The molecule has 31 heavy (non-hydrogen) atoms. The van der Waals surface area contributed by atoms with E-state index in [1.54, 1.807) is 12.1 Å². The fraction of sp³-hybridized carbons (Fsp3) is 0.316. The lowest BCUT2D eigenvalue weighted by Gasteiger charge is -2.12. The second-order valence-corrected chi connectivity index (χ2v) is 6.92. The van der Waals surface area contributed by atoms with Crippen LogP contribution in [0.3, 0.4) is 0 Å². The summed E-state index contributed by atoms with van der Waals surface area (Å²) in [5, 5.41) is 8.65. The van der Waals surface area contributed by atoms with Gasteiger partial charge in [-0.2, -0.15) is 5.26 Å². The van der Waals surface area contributed by atoms with Gasteiger partial charge in [0.05, 0.1) is 18.8 Å². The highest BCUT2D eigenvalue weighted by atomic mass is 32.1. The number of hydrogen-bond acceptors (Lipinski definition) is 8. The Morgan fingerprint density at radius 1 is 1.32 bits per heavy atom. The van der Waals surface area contributed by atoms with Crippen LogP contribution < -0.4 is 10.5 Å². The highest BCUT2D eigenvalue weighted by molar-refractivity contribution is 7.80. The van der Waals surface area contributed by atoms with Crippen LogP contribution in [0, 0.1) is 11.5 Å². The normalized spacial score (nSPS) is 10.4. The highest BCUT2D eigenvalue weighted by Gasteiger charge is 2.31. The number of nitriles is 1. The molecule has 0 saturated heterocycles. The molecule has 2 rings (SSSR count). The molecule has 1 amide bonds. The predicted molar refractivity (Wildman–Crippen MR) is 114 cm³/mol. The molecule has 0 bridgehead atoms. The third kappa shape index (κ3) is 10.7. The van der Waals surface area contributed by atoms with Gasteiger partial charge in [0.25, 0.3) is 0 Å². The van der Waals surface area contributed by atoms with Gasteiger partial charge in [0, 0.05) is 16.7 Å². The Labute approximate surface area is 188 Å². The largest absolute Gasteiger partial charge is 0.573 e. The molecule has 2 N–H and O–H groups in total. The number of hydrogen-bond donors (Lipinski definition) is 3. The van der Waals surface area contributed by atoms with Crippen molar-refractivity contribution in [2.75, 3.05) is 6.61 Å². The zero-order valence-corrected chi connectivity index (χ0v) is 18.3. The number of thiol groups is 2. The molecule has 1 heterocycles. The van der Waals surface area contributed by atoms with Crippen LogP contribution in [0.5, 0.6) is 5.75 Å². The fourth-order valence-corrected chi connectivity index (χ4v) is 2.54. The second kappa shape index (κ2) is 12.8. The molecule has 1 aromatic heterocycles. The van der Waals surface area contributed by atoms with Crippen molar-refractivity contribution < 1.29 is 27.4 Å². The molecule has 2 aromatic rings. The van der Waals surface area contributed by atoms with Crippen molar-refractivity contribution >= 4 is 31.5 Å². The predicted octanol–water partition coefficient (Wildman–Crippen LogP) is 4.95. The van der Waals surface area contributed by atoms with Gasteiger partial charge in [0.1, 0.15) is 5.75 Å². The quantitative estimate of drug-likeness (QED) is 0.227. The van der Waals surface area contributed by atoms with E-state index in [2.05, 4.69) is 45.6 Å². The lowest BCUT2D eigenvalue weighted by Crippen LogP contribution is -2.17. The molecule has 168 valence electrons. The number of halogens is 3. The number of unbranched alkanes of at least 4 members (excludes halogenated alkanes) is 1. The molecular weight excluding hydrogens is 453 g/mol. The first kappa shape index (κ1) is 26.3. The van der Waals surface area contributed by atoms with Crippen molar-refractivity contribution in [3.05, 3.63) is 42.1 Å². The Bertz CT molecular complexity index is 890. The van der Waals surface area contributed by atoms with Crippen LogP contribution in [0.2, 0.25) is 0 Å². The molecule has 0 aliphatic rings. The molecule has 0 aliphatic heterocycles. The number of primary amides is 1. The molecule has 1 aromatic carbocycles. The second-order valence-electron chi connectivity index (χ2n) is 5.96. The Balaban J connectivity index is 0.000000512. The van der Waals surface area contributed by atoms with Crippen molar-refractivity contribution in [1.82, 2.24) is 9.29 Å². The minimum absolute atomic E-state index is 0.262. The summed E-state index contributed by atoms with van der Waals surface area (Å²) in [7, 11) is 0. The smallest absolute Gasteiger partial charge is 0.450 e. The fourth-order valence-electron chi connectivity index (χ4n) is 2.12. The minimum Gasteiger partial charge on any atom is -0.450 e. The van der Waals surface area contributed by atoms with Gasteiger partial charge in [-0.3, -0.25) is 9.29 Å². The van der Waals surface area contributed by atoms with E-state index in [9.17, 15) is 18.0 Å². The number of alkyl halides is 3. The summed E-state index contributed by atoms with van der Waals surface area (Å²) >= 11 is 8.14. The van der Waals surface area contributed by atoms with Gasteiger partial charge >= 0.3 is 12.5 Å². The summed E-state index contributed by atoms with van der Waals surface area (Å²) in [6.07, 6.45) is -0.186. The number of ether oxygens (including phenoxy) is 2. The Kier molecular flexibility index (Phi) is 10.8. The molecular formula is C19H21F3N4O3S2. The maximum Gasteiger partial charge on any atom is 0.573 e. The summed E-state index contributed by atoms with van der Waals surface area (Å²) in [6.45, 7) is 2.73. The van der Waals surface area contributed by atoms with E-state index in [1.807, 2.05) is 13.1 Å². The summed E-state index contributed by atoms with van der Waals surface area (Å²) in [4.78, 5) is 14.5. The van der Waals surface area contributed by atoms with Crippen LogP contribution in [-0.4, -0.2) is 28.4 Å². The van der Waals surface area contributed by atoms with Crippen LogP contribution in [0.1, 0.15) is 25.3 Å². The first-order valence-electron chi connectivity index (χ1n) is 8.88. The van der Waals surface area contributed by atoms with E-state index in [4.69, 9.17) is 5.26 Å². The third-order valence-electron chi connectivity index (χ3n) is 3.49. The molecule has 0 radical (unpaired) electrons. The van der Waals surface area contributed by atoms with Gasteiger partial charge in [0.2, 0.25) is 0 Å². The first-order valence-corrected chi connectivity index (χ1v) is 9.72. The van der Waals surface area contributed by atoms with E-state index in [1.165, 1.54) is 24.4 Å². The van der Waals surface area contributed by atoms with Crippen molar-refractivity contribution in [3.8, 4) is 23.2 Å². The third-order valence-corrected chi connectivity index (χ3v) is 4.11. The van der Waals surface area contributed by atoms with Gasteiger partial charge in [-0.05, 0) is 36.2 Å². The Hall–Kier alpha value is -2.78. The number of nitrogens with zero attached hydrogens (tertiary/aromatic N) is 3.